The van der Waals surface area contributed by atoms with Crippen molar-refractivity contribution in [2.24, 2.45) is 17.6 Å². The van der Waals surface area contributed by atoms with Crippen LogP contribution in [-0.2, 0) is 4.79 Å². The fraction of sp³-hybridized carbons (Fsp3) is 0.529. The highest BCUT2D eigenvalue weighted by Gasteiger charge is 2.32. The third kappa shape index (κ3) is 3.71. The molecule has 2 N–H and O–H groups in total. The van der Waals surface area contributed by atoms with Crippen LogP contribution in [0.15, 0.2) is 24.3 Å². The Morgan fingerprint density at radius 1 is 1.45 bits per heavy atom. The van der Waals surface area contributed by atoms with Crippen molar-refractivity contribution < 1.29 is 14.0 Å². The lowest BCUT2D eigenvalue weighted by Gasteiger charge is -2.23. The van der Waals surface area contributed by atoms with Gasteiger partial charge in [-0.25, -0.2) is 4.39 Å². The van der Waals surface area contributed by atoms with Crippen LogP contribution in [0.2, 0.25) is 0 Å². The summed E-state index contributed by atoms with van der Waals surface area (Å²) in [6.07, 6.45) is 1.06. The Hall–Kier alpha value is -1.75. The van der Waals surface area contributed by atoms with Gasteiger partial charge in [0.1, 0.15) is 5.82 Å². The van der Waals surface area contributed by atoms with Crippen molar-refractivity contribution in [2.75, 3.05) is 13.1 Å². The molecule has 1 aliphatic rings. The molecule has 1 aliphatic heterocycles. The zero-order valence-electron chi connectivity index (χ0n) is 13.1. The number of halogens is 1. The van der Waals surface area contributed by atoms with Crippen molar-refractivity contribution >= 4 is 11.7 Å². The normalized spacial score (nSPS) is 22.6. The van der Waals surface area contributed by atoms with Crippen LogP contribution in [0, 0.1) is 17.7 Å². The molecule has 0 aromatic heterocycles. The van der Waals surface area contributed by atoms with Crippen molar-refractivity contribution in [3.05, 3.63) is 35.6 Å². The molecular formula is C17H23FN2O2. The first-order valence-corrected chi connectivity index (χ1v) is 7.71. The van der Waals surface area contributed by atoms with Crippen molar-refractivity contribution in [3.8, 4) is 0 Å². The Labute approximate surface area is 130 Å². The van der Waals surface area contributed by atoms with E-state index >= 15 is 0 Å². The van der Waals surface area contributed by atoms with E-state index in [-0.39, 0.29) is 24.2 Å². The second-order valence-corrected chi connectivity index (χ2v) is 6.21. The maximum Gasteiger partial charge on any atom is 0.223 e. The summed E-state index contributed by atoms with van der Waals surface area (Å²) in [7, 11) is 0. The molecule has 1 saturated heterocycles. The number of nitrogens with two attached hydrogens (primary N) is 1. The molecule has 22 heavy (non-hydrogen) atoms. The topological polar surface area (TPSA) is 63.4 Å². The van der Waals surface area contributed by atoms with Crippen LogP contribution in [0.5, 0.6) is 0 Å². The van der Waals surface area contributed by atoms with Gasteiger partial charge in [-0.1, -0.05) is 19.1 Å². The van der Waals surface area contributed by atoms with Gasteiger partial charge in [0.25, 0.3) is 0 Å². The summed E-state index contributed by atoms with van der Waals surface area (Å²) in [5.74, 6) is -0.786. The fourth-order valence-corrected chi connectivity index (χ4v) is 3.06. The first kappa shape index (κ1) is 16.6. The van der Waals surface area contributed by atoms with E-state index in [0.29, 0.717) is 24.6 Å². The van der Waals surface area contributed by atoms with E-state index in [2.05, 4.69) is 0 Å². The number of rotatable bonds is 5. The number of benzene rings is 1. The molecule has 120 valence electrons. The van der Waals surface area contributed by atoms with Gasteiger partial charge in [-0.2, -0.15) is 0 Å². The standard InChI is InChI=1S/C17H23FN2O2/c1-11(17(22)14-4-3-5-15(18)8-14)6-16(21)20-10-13(9-19)7-12(20)2/h3-5,8,11-13H,6-7,9-10,19H2,1-2H3. The molecule has 3 atom stereocenters. The Morgan fingerprint density at radius 2 is 2.18 bits per heavy atom. The van der Waals surface area contributed by atoms with Crippen LogP contribution >= 0.6 is 0 Å². The van der Waals surface area contributed by atoms with Crippen LogP contribution in [0.25, 0.3) is 0 Å². The predicted molar refractivity (Wildman–Crippen MR) is 82.8 cm³/mol. The summed E-state index contributed by atoms with van der Waals surface area (Å²) in [6.45, 7) is 4.96. The average molecular weight is 306 g/mol. The van der Waals surface area contributed by atoms with E-state index in [0.717, 1.165) is 6.42 Å². The smallest absolute Gasteiger partial charge is 0.223 e. The minimum absolute atomic E-state index is 0.0271. The minimum atomic E-state index is -0.460. The summed E-state index contributed by atoms with van der Waals surface area (Å²) >= 11 is 0. The highest BCUT2D eigenvalue weighted by molar-refractivity contribution is 5.99. The fourth-order valence-electron chi connectivity index (χ4n) is 3.06. The monoisotopic (exact) mass is 306 g/mol. The van der Waals surface area contributed by atoms with Crippen molar-refractivity contribution in [3.63, 3.8) is 0 Å². The van der Waals surface area contributed by atoms with Gasteiger partial charge in [-0.15, -0.1) is 0 Å². The van der Waals surface area contributed by atoms with Crippen LogP contribution < -0.4 is 5.73 Å². The number of ketones is 1. The molecule has 0 spiro atoms. The van der Waals surface area contributed by atoms with Crippen LogP contribution in [0.1, 0.15) is 37.0 Å². The van der Waals surface area contributed by atoms with E-state index < -0.39 is 11.7 Å². The van der Waals surface area contributed by atoms with Crippen LogP contribution in [0.3, 0.4) is 0 Å². The molecule has 3 unspecified atom stereocenters. The third-order valence-corrected chi connectivity index (χ3v) is 4.35. The zero-order valence-corrected chi connectivity index (χ0v) is 13.1. The lowest BCUT2D eigenvalue weighted by Crippen LogP contribution is -2.36. The Morgan fingerprint density at radius 3 is 2.77 bits per heavy atom. The lowest BCUT2D eigenvalue weighted by atomic mass is 9.95. The first-order valence-electron chi connectivity index (χ1n) is 7.71. The Bertz CT molecular complexity index is 561. The van der Waals surface area contributed by atoms with E-state index in [4.69, 9.17) is 5.73 Å². The van der Waals surface area contributed by atoms with Gasteiger partial charge in [0.15, 0.2) is 5.78 Å². The van der Waals surface area contributed by atoms with Gasteiger partial charge >= 0.3 is 0 Å². The molecule has 1 aromatic carbocycles. The number of nitrogens with zero attached hydrogens (tertiary/aromatic N) is 1. The van der Waals surface area contributed by atoms with Gasteiger partial charge in [0.05, 0.1) is 0 Å². The molecular weight excluding hydrogens is 283 g/mol. The predicted octanol–water partition coefficient (Wildman–Crippen LogP) is 2.23. The summed E-state index contributed by atoms with van der Waals surface area (Å²) in [6, 6.07) is 5.76. The summed E-state index contributed by atoms with van der Waals surface area (Å²) in [4.78, 5) is 26.5. The highest BCUT2D eigenvalue weighted by Crippen LogP contribution is 2.24. The quantitative estimate of drug-likeness (QED) is 0.849. The zero-order chi connectivity index (χ0) is 16.3. The van der Waals surface area contributed by atoms with E-state index in [1.807, 2.05) is 11.8 Å². The number of likely N-dealkylation sites (tertiary alicyclic amines) is 1. The molecule has 1 aromatic rings. The Kier molecular flexibility index (Phi) is 5.29. The molecule has 0 aliphatic carbocycles. The van der Waals surface area contributed by atoms with Gasteiger partial charge in [0.2, 0.25) is 5.91 Å². The summed E-state index contributed by atoms with van der Waals surface area (Å²) in [5.41, 5.74) is 5.98. The molecule has 1 amide bonds. The van der Waals surface area contributed by atoms with Crippen LogP contribution in [0.4, 0.5) is 4.39 Å². The van der Waals surface area contributed by atoms with Gasteiger partial charge < -0.3 is 10.6 Å². The maximum absolute atomic E-state index is 13.2. The third-order valence-electron chi connectivity index (χ3n) is 4.35. The molecule has 1 fully saturated rings. The Balaban J connectivity index is 1.98. The molecule has 4 nitrogen and oxygen atoms in total. The van der Waals surface area contributed by atoms with E-state index in [1.165, 1.54) is 18.2 Å². The second-order valence-electron chi connectivity index (χ2n) is 6.21. The van der Waals surface area contributed by atoms with Crippen molar-refractivity contribution in [1.29, 1.82) is 0 Å². The molecule has 2 rings (SSSR count). The number of carbonyl (C=O) groups excluding carboxylic acids is 2. The van der Waals surface area contributed by atoms with Crippen LogP contribution in [-0.4, -0.2) is 35.7 Å². The molecule has 1 heterocycles. The van der Waals surface area contributed by atoms with E-state index in [1.54, 1.807) is 13.0 Å². The number of carbonyl (C=O) groups is 2. The number of Topliss-reactive ketones (excluding diaryl/α,β-unsaturated/α-hetero) is 1. The summed E-state index contributed by atoms with van der Waals surface area (Å²) in [5, 5.41) is 0. The highest BCUT2D eigenvalue weighted by atomic mass is 19.1. The molecule has 0 saturated carbocycles. The second kappa shape index (κ2) is 7.01. The lowest BCUT2D eigenvalue weighted by molar-refractivity contribution is -0.132. The molecule has 0 bridgehead atoms. The number of hydrogen-bond acceptors (Lipinski definition) is 3. The van der Waals surface area contributed by atoms with E-state index in [9.17, 15) is 14.0 Å². The number of hydrogen-bond donors (Lipinski definition) is 1. The number of amides is 1. The minimum Gasteiger partial charge on any atom is -0.340 e. The SMILES string of the molecule is CC(CC(=O)N1CC(CN)CC1C)C(=O)c1cccc(F)c1. The molecule has 0 radical (unpaired) electrons. The maximum atomic E-state index is 13.2. The summed E-state index contributed by atoms with van der Waals surface area (Å²) < 4.78 is 13.2. The van der Waals surface area contributed by atoms with Crippen molar-refractivity contribution in [1.82, 2.24) is 4.90 Å². The van der Waals surface area contributed by atoms with Gasteiger partial charge in [-0.3, -0.25) is 9.59 Å². The average Bonchev–Trinajstić information content (AvgIpc) is 2.87. The van der Waals surface area contributed by atoms with Crippen molar-refractivity contribution in [2.45, 2.75) is 32.7 Å². The first-order chi connectivity index (χ1) is 10.4. The van der Waals surface area contributed by atoms with Gasteiger partial charge in [-0.05, 0) is 37.9 Å². The van der Waals surface area contributed by atoms with Gasteiger partial charge in [0, 0.05) is 30.5 Å². The molecule has 5 heteroatoms. The largest absolute Gasteiger partial charge is 0.340 e.